The predicted molar refractivity (Wildman–Crippen MR) is 95.7 cm³/mol. The monoisotopic (exact) mass is 342 g/mol. The molecule has 0 saturated carbocycles. The van der Waals surface area contributed by atoms with Crippen molar-refractivity contribution in [2.75, 3.05) is 19.6 Å². The normalized spacial score (nSPS) is 17.4. The van der Waals surface area contributed by atoms with Gasteiger partial charge in [-0.05, 0) is 51.4 Å². The highest BCUT2D eigenvalue weighted by molar-refractivity contribution is 5.78. The van der Waals surface area contributed by atoms with Crippen LogP contribution in [0.4, 0.5) is 0 Å². The van der Waals surface area contributed by atoms with Crippen LogP contribution in [0.5, 0.6) is 0 Å². The lowest BCUT2D eigenvalue weighted by molar-refractivity contribution is -0.126. The maximum absolute atomic E-state index is 12.1. The number of amides is 1. The predicted octanol–water partition coefficient (Wildman–Crippen LogP) is 3.04. The van der Waals surface area contributed by atoms with Gasteiger partial charge >= 0.3 is 0 Å². The van der Waals surface area contributed by atoms with Crippen LogP contribution >= 0.6 is 0 Å². The fraction of sp³-hybridized carbons (Fsp3) is 0.526. The zero-order valence-corrected chi connectivity index (χ0v) is 14.9. The summed E-state index contributed by atoms with van der Waals surface area (Å²) in [7, 11) is 0. The Morgan fingerprint density at radius 1 is 1.28 bits per heavy atom. The molecule has 0 radical (unpaired) electrons. The second kappa shape index (κ2) is 8.25. The van der Waals surface area contributed by atoms with E-state index in [0.29, 0.717) is 11.8 Å². The highest BCUT2D eigenvalue weighted by Gasteiger charge is 2.29. The van der Waals surface area contributed by atoms with Gasteiger partial charge in [0.1, 0.15) is 0 Å². The van der Waals surface area contributed by atoms with Crippen molar-refractivity contribution in [2.45, 2.75) is 39.2 Å². The Labute approximate surface area is 148 Å². The number of likely N-dealkylation sites (tertiary alicyclic amines) is 1. The summed E-state index contributed by atoms with van der Waals surface area (Å²) in [6, 6.07) is 9.85. The average Bonchev–Trinajstić information content (AvgIpc) is 3.16. The number of rotatable bonds is 6. The van der Waals surface area contributed by atoms with Crippen molar-refractivity contribution < 1.29 is 9.21 Å². The lowest BCUT2D eigenvalue weighted by Crippen LogP contribution is -2.41. The summed E-state index contributed by atoms with van der Waals surface area (Å²) in [6.45, 7) is 6.65. The number of piperidine rings is 1. The van der Waals surface area contributed by atoms with Crippen LogP contribution in [-0.4, -0.2) is 40.6 Å². The topological polar surface area (TPSA) is 71.3 Å². The molecule has 0 spiro atoms. The maximum Gasteiger partial charge on any atom is 0.247 e. The molecule has 3 rings (SSSR count). The number of nitrogens with zero attached hydrogens (tertiary/aromatic N) is 3. The van der Waals surface area contributed by atoms with Gasteiger partial charge in [-0.3, -0.25) is 9.69 Å². The van der Waals surface area contributed by atoms with Crippen LogP contribution < -0.4 is 5.32 Å². The third-order valence-corrected chi connectivity index (χ3v) is 4.82. The Morgan fingerprint density at radius 2 is 2.00 bits per heavy atom. The van der Waals surface area contributed by atoms with Crippen molar-refractivity contribution in [1.82, 2.24) is 20.4 Å². The van der Waals surface area contributed by atoms with Gasteiger partial charge in [-0.2, -0.15) is 0 Å². The summed E-state index contributed by atoms with van der Waals surface area (Å²) in [6.07, 6.45) is 2.72. The molecule has 1 aromatic carbocycles. The van der Waals surface area contributed by atoms with Gasteiger partial charge in [0.25, 0.3) is 0 Å². The van der Waals surface area contributed by atoms with Gasteiger partial charge in [0.05, 0.1) is 6.04 Å². The molecule has 25 heavy (non-hydrogen) atoms. The van der Waals surface area contributed by atoms with E-state index in [4.69, 9.17) is 4.42 Å². The molecule has 2 aromatic rings. The molecule has 1 fully saturated rings. The van der Waals surface area contributed by atoms with E-state index in [9.17, 15) is 4.79 Å². The number of carbonyl (C=O) groups is 1. The van der Waals surface area contributed by atoms with E-state index >= 15 is 0 Å². The fourth-order valence-corrected chi connectivity index (χ4v) is 3.20. The molecule has 1 N–H and O–H groups in total. The summed E-state index contributed by atoms with van der Waals surface area (Å²) in [5.41, 5.74) is 0.930. The molecular weight excluding hydrogens is 316 g/mol. The molecular formula is C19H26N4O2. The number of nitrogens with one attached hydrogen (secondary N) is 1. The summed E-state index contributed by atoms with van der Waals surface area (Å²) in [5.74, 6) is 1.50. The second-order valence-electron chi connectivity index (χ2n) is 6.59. The Hall–Kier alpha value is -2.21. The van der Waals surface area contributed by atoms with Crippen LogP contribution in [0.3, 0.4) is 0 Å². The highest BCUT2D eigenvalue weighted by atomic mass is 16.4. The van der Waals surface area contributed by atoms with E-state index < -0.39 is 0 Å². The Balaban J connectivity index is 1.57. The van der Waals surface area contributed by atoms with Crippen molar-refractivity contribution in [3.8, 4) is 11.5 Å². The number of carbonyl (C=O) groups excluding carboxylic acids is 1. The first-order valence-corrected chi connectivity index (χ1v) is 9.09. The van der Waals surface area contributed by atoms with E-state index in [-0.39, 0.29) is 17.9 Å². The molecule has 1 saturated heterocycles. The van der Waals surface area contributed by atoms with Crippen molar-refractivity contribution >= 4 is 5.91 Å². The standard InChI is InChI=1S/C19H26N4O2/c1-3-11-20-17(24)15-9-12-23(13-10-15)14(2)18-21-22-19(25-18)16-7-5-4-6-8-16/h4-8,14-15H,3,9-13H2,1-2H3,(H,20,24). The molecule has 1 amide bonds. The third-order valence-electron chi connectivity index (χ3n) is 4.82. The van der Waals surface area contributed by atoms with E-state index in [1.165, 1.54) is 0 Å². The first kappa shape index (κ1) is 17.6. The first-order valence-electron chi connectivity index (χ1n) is 9.09. The van der Waals surface area contributed by atoms with Crippen molar-refractivity contribution in [1.29, 1.82) is 0 Å². The van der Waals surface area contributed by atoms with Gasteiger partial charge in [0.2, 0.25) is 17.7 Å². The van der Waals surface area contributed by atoms with Gasteiger partial charge in [-0.25, -0.2) is 0 Å². The highest BCUT2D eigenvalue weighted by Crippen LogP contribution is 2.28. The van der Waals surface area contributed by atoms with Crippen LogP contribution in [0.2, 0.25) is 0 Å². The molecule has 2 heterocycles. The Morgan fingerprint density at radius 3 is 2.68 bits per heavy atom. The largest absolute Gasteiger partial charge is 0.419 e. The smallest absolute Gasteiger partial charge is 0.247 e. The van der Waals surface area contributed by atoms with Crippen LogP contribution in [-0.2, 0) is 4.79 Å². The molecule has 1 aliphatic heterocycles. The maximum atomic E-state index is 12.1. The lowest BCUT2D eigenvalue weighted by atomic mass is 9.95. The summed E-state index contributed by atoms with van der Waals surface area (Å²) >= 11 is 0. The molecule has 134 valence electrons. The van der Waals surface area contributed by atoms with E-state index in [0.717, 1.165) is 44.5 Å². The second-order valence-corrected chi connectivity index (χ2v) is 6.59. The van der Waals surface area contributed by atoms with Gasteiger partial charge < -0.3 is 9.73 Å². The van der Waals surface area contributed by atoms with Gasteiger partial charge in [-0.15, -0.1) is 10.2 Å². The summed E-state index contributed by atoms with van der Waals surface area (Å²) < 4.78 is 5.87. The molecule has 0 bridgehead atoms. The van der Waals surface area contributed by atoms with Gasteiger partial charge in [-0.1, -0.05) is 25.1 Å². The van der Waals surface area contributed by atoms with Crippen LogP contribution in [0.25, 0.3) is 11.5 Å². The van der Waals surface area contributed by atoms with Crippen LogP contribution in [0.1, 0.15) is 45.0 Å². The van der Waals surface area contributed by atoms with Crippen molar-refractivity contribution in [3.63, 3.8) is 0 Å². The lowest BCUT2D eigenvalue weighted by Gasteiger charge is -2.33. The Kier molecular flexibility index (Phi) is 5.81. The van der Waals surface area contributed by atoms with Crippen molar-refractivity contribution in [3.05, 3.63) is 36.2 Å². The quantitative estimate of drug-likeness (QED) is 0.874. The minimum atomic E-state index is 0.0598. The molecule has 6 heteroatoms. The number of hydrogen-bond donors (Lipinski definition) is 1. The van der Waals surface area contributed by atoms with Gasteiger partial charge in [0.15, 0.2) is 0 Å². The number of hydrogen-bond acceptors (Lipinski definition) is 5. The first-order chi connectivity index (χ1) is 12.2. The molecule has 1 atom stereocenters. The Bertz CT molecular complexity index is 678. The molecule has 0 aliphatic carbocycles. The summed E-state index contributed by atoms with van der Waals surface area (Å²) in [4.78, 5) is 14.4. The summed E-state index contributed by atoms with van der Waals surface area (Å²) in [5, 5.41) is 11.4. The molecule has 1 aromatic heterocycles. The molecule has 6 nitrogen and oxygen atoms in total. The minimum absolute atomic E-state index is 0.0598. The van der Waals surface area contributed by atoms with Gasteiger partial charge in [0, 0.05) is 18.0 Å². The third kappa shape index (κ3) is 4.25. The SMILES string of the molecule is CCCNC(=O)C1CCN(C(C)c2nnc(-c3ccccc3)o2)CC1. The van der Waals surface area contributed by atoms with Crippen molar-refractivity contribution in [2.24, 2.45) is 5.92 Å². The fourth-order valence-electron chi connectivity index (χ4n) is 3.20. The van der Waals surface area contributed by atoms with Crippen LogP contribution in [0, 0.1) is 5.92 Å². The van der Waals surface area contributed by atoms with Crippen LogP contribution in [0.15, 0.2) is 34.7 Å². The minimum Gasteiger partial charge on any atom is -0.419 e. The van der Waals surface area contributed by atoms with E-state index in [2.05, 4.69) is 34.3 Å². The molecule has 1 unspecified atom stereocenters. The average molecular weight is 342 g/mol. The van der Waals surface area contributed by atoms with E-state index in [1.807, 2.05) is 30.3 Å². The zero-order valence-electron chi connectivity index (χ0n) is 14.9. The molecule has 1 aliphatic rings. The number of aromatic nitrogens is 2. The number of benzene rings is 1. The zero-order chi connectivity index (χ0) is 17.6. The van der Waals surface area contributed by atoms with E-state index in [1.54, 1.807) is 0 Å².